The second kappa shape index (κ2) is 7.19. The molecular weight excluding hydrogens is 382 g/mol. The first-order chi connectivity index (χ1) is 14.8. The van der Waals surface area contributed by atoms with Gasteiger partial charge in [0.2, 0.25) is 5.91 Å². The van der Waals surface area contributed by atoms with Crippen molar-refractivity contribution in [2.24, 2.45) is 5.41 Å². The van der Waals surface area contributed by atoms with Crippen LogP contribution >= 0.6 is 0 Å². The fraction of sp³-hybridized carbons (Fsp3) is 0.286. The number of nitrogens with zero attached hydrogens (tertiary/aromatic N) is 1. The van der Waals surface area contributed by atoms with Gasteiger partial charge in [-0.1, -0.05) is 68.4 Å². The van der Waals surface area contributed by atoms with Crippen molar-refractivity contribution in [1.82, 2.24) is 0 Å². The van der Waals surface area contributed by atoms with Gasteiger partial charge in [0, 0.05) is 35.7 Å². The predicted octanol–water partition coefficient (Wildman–Crippen LogP) is 6.31. The Bertz CT molecular complexity index is 1250. The maximum Gasteiger partial charge on any atom is 0.232 e. The predicted molar refractivity (Wildman–Crippen MR) is 125 cm³/mol. The quantitative estimate of drug-likeness (QED) is 0.497. The zero-order valence-corrected chi connectivity index (χ0v) is 18.3. The van der Waals surface area contributed by atoms with Gasteiger partial charge in [-0.15, -0.1) is 0 Å². The van der Waals surface area contributed by atoms with Crippen LogP contribution in [0.5, 0.6) is 0 Å². The molecule has 0 aromatic heterocycles. The highest BCUT2D eigenvalue weighted by Crippen LogP contribution is 2.49. The van der Waals surface area contributed by atoms with Crippen LogP contribution < -0.4 is 4.90 Å². The third kappa shape index (κ3) is 3.38. The average molecular weight is 410 g/mol. The molecule has 0 fully saturated rings. The van der Waals surface area contributed by atoms with Crippen LogP contribution in [0.15, 0.2) is 78.0 Å². The van der Waals surface area contributed by atoms with E-state index in [1.807, 2.05) is 54.3 Å². The first-order valence-corrected chi connectivity index (χ1v) is 11.0. The molecule has 0 spiro atoms. The summed E-state index contributed by atoms with van der Waals surface area (Å²) in [7, 11) is 0. The second-order valence-electron chi connectivity index (χ2n) is 9.69. The second-order valence-corrected chi connectivity index (χ2v) is 9.69. The van der Waals surface area contributed by atoms with Crippen molar-refractivity contribution in [3.63, 3.8) is 0 Å². The molecule has 1 aliphatic carbocycles. The number of benzene rings is 3. The largest absolute Gasteiger partial charge is 0.294 e. The number of anilines is 1. The lowest BCUT2D eigenvalue weighted by Gasteiger charge is -2.43. The van der Waals surface area contributed by atoms with Gasteiger partial charge in [0.1, 0.15) is 0 Å². The number of fused-ring (bicyclic) bond motifs is 1. The molecule has 0 bridgehead atoms. The topological polar surface area (TPSA) is 37.4 Å². The number of allylic oxidation sites excluding steroid dienone is 2. The molecule has 31 heavy (non-hydrogen) atoms. The number of carbonyl (C=O) groups is 2. The van der Waals surface area contributed by atoms with Crippen molar-refractivity contribution < 1.29 is 9.59 Å². The molecular formula is C28H27NO2. The molecule has 156 valence electrons. The van der Waals surface area contributed by atoms with Gasteiger partial charge in [0.05, 0.1) is 0 Å². The summed E-state index contributed by atoms with van der Waals surface area (Å²) in [6.45, 7) is 6.27. The van der Waals surface area contributed by atoms with Crippen LogP contribution in [-0.2, 0) is 9.59 Å². The lowest BCUT2D eigenvalue weighted by atomic mass is 9.69. The molecule has 1 aliphatic heterocycles. The fourth-order valence-corrected chi connectivity index (χ4v) is 5.30. The first-order valence-electron chi connectivity index (χ1n) is 11.0. The smallest absolute Gasteiger partial charge is 0.232 e. The Hall–Kier alpha value is -3.20. The van der Waals surface area contributed by atoms with Gasteiger partial charge in [0.25, 0.3) is 0 Å². The van der Waals surface area contributed by atoms with Crippen LogP contribution in [0.4, 0.5) is 5.69 Å². The van der Waals surface area contributed by atoms with Crippen molar-refractivity contribution >= 4 is 28.2 Å². The Morgan fingerprint density at radius 1 is 0.903 bits per heavy atom. The molecule has 2 aliphatic rings. The SMILES string of the molecule is Cc1cccc(N2C(=O)CC(c3cccc4ccccc34)C3=C2CC(C)(C)CC3=O)c1. The van der Waals surface area contributed by atoms with Crippen LogP contribution in [0.1, 0.15) is 50.2 Å². The molecule has 1 heterocycles. The third-order valence-corrected chi connectivity index (χ3v) is 6.60. The van der Waals surface area contributed by atoms with E-state index in [0.29, 0.717) is 12.8 Å². The first kappa shape index (κ1) is 19.7. The van der Waals surface area contributed by atoms with Gasteiger partial charge in [0.15, 0.2) is 5.78 Å². The van der Waals surface area contributed by atoms with E-state index in [4.69, 9.17) is 0 Å². The zero-order chi connectivity index (χ0) is 21.8. The van der Waals surface area contributed by atoms with Crippen LogP contribution in [0, 0.1) is 12.3 Å². The lowest BCUT2D eigenvalue weighted by Crippen LogP contribution is -2.43. The van der Waals surface area contributed by atoms with Gasteiger partial charge in [-0.25, -0.2) is 0 Å². The van der Waals surface area contributed by atoms with E-state index < -0.39 is 0 Å². The van der Waals surface area contributed by atoms with Crippen LogP contribution in [-0.4, -0.2) is 11.7 Å². The molecule has 1 amide bonds. The number of hydrogen-bond acceptors (Lipinski definition) is 2. The number of Topliss-reactive ketones (excluding diaryl/α,β-unsaturated/α-hetero) is 1. The van der Waals surface area contributed by atoms with Gasteiger partial charge >= 0.3 is 0 Å². The zero-order valence-electron chi connectivity index (χ0n) is 18.3. The maximum absolute atomic E-state index is 13.6. The molecule has 3 heteroatoms. The number of hydrogen-bond donors (Lipinski definition) is 0. The average Bonchev–Trinajstić information content (AvgIpc) is 2.71. The molecule has 1 atom stereocenters. The third-order valence-electron chi connectivity index (χ3n) is 6.60. The van der Waals surface area contributed by atoms with Crippen LogP contribution in [0.2, 0.25) is 0 Å². The summed E-state index contributed by atoms with van der Waals surface area (Å²) in [4.78, 5) is 28.9. The molecule has 0 saturated carbocycles. The molecule has 3 aromatic carbocycles. The number of ketones is 1. The van der Waals surface area contributed by atoms with Gasteiger partial charge < -0.3 is 0 Å². The molecule has 0 N–H and O–H groups in total. The van der Waals surface area contributed by atoms with E-state index in [1.54, 1.807) is 0 Å². The van der Waals surface area contributed by atoms with E-state index in [-0.39, 0.29) is 23.0 Å². The Kier molecular flexibility index (Phi) is 4.58. The Morgan fingerprint density at radius 3 is 2.45 bits per heavy atom. The summed E-state index contributed by atoms with van der Waals surface area (Å²) in [5, 5.41) is 2.26. The number of carbonyl (C=O) groups excluding carboxylic acids is 2. The van der Waals surface area contributed by atoms with Crippen LogP contribution in [0.3, 0.4) is 0 Å². The van der Waals surface area contributed by atoms with Crippen molar-refractivity contribution in [1.29, 1.82) is 0 Å². The standard InChI is InChI=1S/C28H27NO2/c1-18-8-6-11-20(14-18)29-24-16-28(2,3)17-25(30)27(24)23(15-26(29)31)22-13-7-10-19-9-4-5-12-21(19)22/h4-14,23H,15-17H2,1-3H3. The summed E-state index contributed by atoms with van der Waals surface area (Å²) >= 11 is 0. The Labute approximate surface area is 183 Å². The van der Waals surface area contributed by atoms with E-state index >= 15 is 0 Å². The minimum Gasteiger partial charge on any atom is -0.294 e. The van der Waals surface area contributed by atoms with Crippen molar-refractivity contribution in [2.75, 3.05) is 4.90 Å². The number of rotatable bonds is 2. The number of aryl methyl sites for hydroxylation is 1. The summed E-state index contributed by atoms with van der Waals surface area (Å²) in [6.07, 6.45) is 1.55. The van der Waals surface area contributed by atoms with E-state index in [1.165, 1.54) is 0 Å². The van der Waals surface area contributed by atoms with Gasteiger partial charge in [-0.05, 0) is 52.8 Å². The normalized spacial score (nSPS) is 20.9. The highest BCUT2D eigenvalue weighted by molar-refractivity contribution is 6.08. The fourth-order valence-electron chi connectivity index (χ4n) is 5.30. The molecule has 3 nitrogen and oxygen atoms in total. The highest BCUT2D eigenvalue weighted by atomic mass is 16.2. The van der Waals surface area contributed by atoms with E-state index in [2.05, 4.69) is 38.1 Å². The molecule has 3 aromatic rings. The van der Waals surface area contributed by atoms with Gasteiger partial charge in [-0.2, -0.15) is 0 Å². The van der Waals surface area contributed by atoms with Crippen LogP contribution in [0.25, 0.3) is 10.8 Å². The monoisotopic (exact) mass is 409 g/mol. The summed E-state index contributed by atoms with van der Waals surface area (Å²) < 4.78 is 0. The van der Waals surface area contributed by atoms with Crippen molar-refractivity contribution in [2.45, 2.75) is 46.0 Å². The summed E-state index contributed by atoms with van der Waals surface area (Å²) in [5.41, 5.74) is 4.59. The van der Waals surface area contributed by atoms with E-state index in [9.17, 15) is 9.59 Å². The molecule has 1 unspecified atom stereocenters. The molecule has 5 rings (SSSR count). The lowest BCUT2D eigenvalue weighted by molar-refractivity contribution is -0.120. The van der Waals surface area contributed by atoms with Gasteiger partial charge in [-0.3, -0.25) is 14.5 Å². The molecule has 0 saturated heterocycles. The van der Waals surface area contributed by atoms with E-state index in [0.717, 1.165) is 45.3 Å². The summed E-state index contributed by atoms with van der Waals surface area (Å²) in [6, 6.07) is 22.5. The Morgan fingerprint density at radius 2 is 1.65 bits per heavy atom. The van der Waals surface area contributed by atoms with Crippen molar-refractivity contribution in [3.8, 4) is 0 Å². The molecule has 0 radical (unpaired) electrons. The minimum absolute atomic E-state index is 0.0628. The highest BCUT2D eigenvalue weighted by Gasteiger charge is 2.44. The summed E-state index contributed by atoms with van der Waals surface area (Å²) in [5.74, 6) is 0.0420. The Balaban J connectivity index is 1.74. The van der Waals surface area contributed by atoms with Crippen molar-refractivity contribution in [3.05, 3.63) is 89.1 Å². The minimum atomic E-state index is -0.196. The maximum atomic E-state index is 13.6. The number of amides is 1.